The molecule has 0 saturated heterocycles. The number of aliphatic carboxylic acids is 1. The molecule has 2 nitrogen and oxygen atoms in total. The van der Waals surface area contributed by atoms with Gasteiger partial charge in [-0.2, -0.15) is 0 Å². The summed E-state index contributed by atoms with van der Waals surface area (Å²) in [7, 11) is 0. The number of unbranched alkanes of at least 4 members (excludes halogenated alkanes) is 10. The first kappa shape index (κ1) is 19.7. The van der Waals surface area contributed by atoms with Gasteiger partial charge in [0.1, 0.15) is 0 Å². The van der Waals surface area contributed by atoms with E-state index in [-0.39, 0.29) is 0 Å². The van der Waals surface area contributed by atoms with E-state index in [1.165, 1.54) is 70.3 Å². The molecular formula is C19H32O2. The molecule has 120 valence electrons. The van der Waals surface area contributed by atoms with Gasteiger partial charge in [0.25, 0.3) is 0 Å². The van der Waals surface area contributed by atoms with Gasteiger partial charge in [-0.05, 0) is 12.8 Å². The molecule has 0 aliphatic heterocycles. The number of hydrogen-bond acceptors (Lipinski definition) is 1. The van der Waals surface area contributed by atoms with Gasteiger partial charge < -0.3 is 5.11 Å². The van der Waals surface area contributed by atoms with Crippen molar-refractivity contribution in [3.63, 3.8) is 0 Å². The van der Waals surface area contributed by atoms with E-state index in [9.17, 15) is 4.79 Å². The predicted molar refractivity (Wildman–Crippen MR) is 91.5 cm³/mol. The van der Waals surface area contributed by atoms with Crippen LogP contribution < -0.4 is 0 Å². The minimum atomic E-state index is -0.908. The molecule has 1 N–H and O–H groups in total. The normalized spacial score (nSPS) is 12.0. The molecule has 0 atom stereocenters. The van der Waals surface area contributed by atoms with E-state index in [4.69, 9.17) is 5.11 Å². The van der Waals surface area contributed by atoms with Gasteiger partial charge >= 0.3 is 5.97 Å². The Kier molecular flexibility index (Phi) is 15.7. The van der Waals surface area contributed by atoms with Gasteiger partial charge in [0, 0.05) is 6.08 Å². The Balaban J connectivity index is 3.23. The first-order valence-corrected chi connectivity index (χ1v) is 8.50. The lowest BCUT2D eigenvalue weighted by atomic mass is 10.1. The van der Waals surface area contributed by atoms with Crippen LogP contribution in [0.5, 0.6) is 0 Å². The molecule has 0 heterocycles. The lowest BCUT2D eigenvalue weighted by Gasteiger charge is -2.01. The Labute approximate surface area is 130 Å². The van der Waals surface area contributed by atoms with Crippen LogP contribution in [-0.2, 0) is 4.79 Å². The Morgan fingerprint density at radius 3 is 1.86 bits per heavy atom. The molecule has 2 heteroatoms. The maximum absolute atomic E-state index is 10.2. The maximum atomic E-state index is 10.2. The summed E-state index contributed by atoms with van der Waals surface area (Å²) >= 11 is 0. The lowest BCUT2D eigenvalue weighted by molar-refractivity contribution is -0.131. The van der Waals surface area contributed by atoms with Gasteiger partial charge in [0.2, 0.25) is 0 Å². The summed E-state index contributed by atoms with van der Waals surface area (Å²) in [6.07, 6.45) is 25.2. The van der Waals surface area contributed by atoms with Gasteiger partial charge in [0.15, 0.2) is 0 Å². The summed E-state index contributed by atoms with van der Waals surface area (Å²) in [4.78, 5) is 10.2. The number of carboxylic acid groups (broad SMARTS) is 1. The zero-order valence-electron chi connectivity index (χ0n) is 13.6. The summed E-state index contributed by atoms with van der Waals surface area (Å²) in [6, 6.07) is 0. The summed E-state index contributed by atoms with van der Waals surface area (Å²) in [5, 5.41) is 8.39. The smallest absolute Gasteiger partial charge is 0.328 e. The SMILES string of the molecule is CCCCCCCCCCCC/C=C/C=C/C=C/C(=O)O. The second-order valence-electron chi connectivity index (χ2n) is 5.48. The third-order valence-corrected chi connectivity index (χ3v) is 3.43. The first-order chi connectivity index (χ1) is 10.3. The van der Waals surface area contributed by atoms with E-state index in [1.54, 1.807) is 6.08 Å². The molecule has 21 heavy (non-hydrogen) atoms. The van der Waals surface area contributed by atoms with Crippen molar-refractivity contribution in [1.82, 2.24) is 0 Å². The fourth-order valence-electron chi connectivity index (χ4n) is 2.19. The van der Waals surface area contributed by atoms with E-state index in [0.29, 0.717) is 0 Å². The molecule has 0 aliphatic carbocycles. The van der Waals surface area contributed by atoms with Crippen LogP contribution in [0, 0.1) is 0 Å². The number of carbonyl (C=O) groups is 1. The predicted octanol–water partition coefficient (Wildman–Crippen LogP) is 6.05. The van der Waals surface area contributed by atoms with Crippen LogP contribution in [-0.4, -0.2) is 11.1 Å². The van der Waals surface area contributed by atoms with Crippen molar-refractivity contribution in [2.75, 3.05) is 0 Å². The van der Waals surface area contributed by atoms with Crippen molar-refractivity contribution < 1.29 is 9.90 Å². The van der Waals surface area contributed by atoms with Crippen LogP contribution in [0.15, 0.2) is 36.5 Å². The summed E-state index contributed by atoms with van der Waals surface area (Å²) < 4.78 is 0. The average molecular weight is 292 g/mol. The molecule has 0 bridgehead atoms. The molecule has 0 unspecified atom stereocenters. The van der Waals surface area contributed by atoms with E-state index >= 15 is 0 Å². The van der Waals surface area contributed by atoms with Crippen LogP contribution in [0.25, 0.3) is 0 Å². The minimum absolute atomic E-state index is 0.908. The highest BCUT2D eigenvalue weighted by atomic mass is 16.4. The number of allylic oxidation sites excluding steroid dienone is 5. The second kappa shape index (κ2) is 16.7. The molecule has 0 aromatic carbocycles. The number of hydrogen-bond donors (Lipinski definition) is 1. The van der Waals surface area contributed by atoms with Gasteiger partial charge in [-0.15, -0.1) is 0 Å². The highest BCUT2D eigenvalue weighted by molar-refractivity contribution is 5.80. The molecule has 0 aromatic heterocycles. The Bertz CT molecular complexity index is 314. The molecule has 0 spiro atoms. The van der Waals surface area contributed by atoms with Crippen LogP contribution in [0.4, 0.5) is 0 Å². The van der Waals surface area contributed by atoms with E-state index in [0.717, 1.165) is 12.5 Å². The van der Waals surface area contributed by atoms with Crippen molar-refractivity contribution in [2.45, 2.75) is 77.6 Å². The largest absolute Gasteiger partial charge is 0.478 e. The zero-order chi connectivity index (χ0) is 15.6. The quantitative estimate of drug-likeness (QED) is 0.240. The fourth-order valence-corrected chi connectivity index (χ4v) is 2.19. The molecule has 0 saturated carbocycles. The van der Waals surface area contributed by atoms with Crippen molar-refractivity contribution in [3.8, 4) is 0 Å². The van der Waals surface area contributed by atoms with Crippen LogP contribution >= 0.6 is 0 Å². The summed E-state index contributed by atoms with van der Waals surface area (Å²) in [6.45, 7) is 2.26. The first-order valence-electron chi connectivity index (χ1n) is 8.50. The van der Waals surface area contributed by atoms with Crippen LogP contribution in [0.3, 0.4) is 0 Å². The Morgan fingerprint density at radius 2 is 1.29 bits per heavy atom. The van der Waals surface area contributed by atoms with Gasteiger partial charge in [0.05, 0.1) is 0 Å². The molecule has 0 amide bonds. The van der Waals surface area contributed by atoms with Crippen LogP contribution in [0.1, 0.15) is 77.6 Å². The van der Waals surface area contributed by atoms with E-state index in [1.807, 2.05) is 12.2 Å². The molecular weight excluding hydrogens is 260 g/mol. The zero-order valence-corrected chi connectivity index (χ0v) is 13.6. The van der Waals surface area contributed by atoms with Gasteiger partial charge in [-0.3, -0.25) is 0 Å². The standard InChI is InChI=1S/C19H32O2/c1-2-3-4-5-6-7-8-9-10-11-12-13-14-15-16-17-18-19(20)21/h13-18H,2-12H2,1H3,(H,20,21)/b14-13+,16-15+,18-17+. The van der Waals surface area contributed by atoms with Crippen molar-refractivity contribution >= 4 is 5.97 Å². The second-order valence-corrected chi connectivity index (χ2v) is 5.48. The average Bonchev–Trinajstić information content (AvgIpc) is 2.46. The number of rotatable bonds is 14. The topological polar surface area (TPSA) is 37.3 Å². The Morgan fingerprint density at radius 1 is 0.762 bits per heavy atom. The third kappa shape index (κ3) is 18.7. The van der Waals surface area contributed by atoms with Crippen molar-refractivity contribution in [3.05, 3.63) is 36.5 Å². The molecule has 0 rings (SSSR count). The molecule has 0 aromatic rings. The highest BCUT2D eigenvalue weighted by Gasteiger charge is 1.91. The third-order valence-electron chi connectivity index (χ3n) is 3.43. The molecule has 0 fully saturated rings. The highest BCUT2D eigenvalue weighted by Crippen LogP contribution is 2.11. The monoisotopic (exact) mass is 292 g/mol. The Hall–Kier alpha value is -1.31. The molecule has 0 aliphatic rings. The minimum Gasteiger partial charge on any atom is -0.478 e. The van der Waals surface area contributed by atoms with Gasteiger partial charge in [-0.25, -0.2) is 4.79 Å². The fraction of sp³-hybridized carbons (Fsp3) is 0.632. The summed E-state index contributed by atoms with van der Waals surface area (Å²) in [5.41, 5.74) is 0. The van der Waals surface area contributed by atoms with Crippen molar-refractivity contribution in [1.29, 1.82) is 0 Å². The maximum Gasteiger partial charge on any atom is 0.328 e. The van der Waals surface area contributed by atoms with E-state index < -0.39 is 5.97 Å². The van der Waals surface area contributed by atoms with E-state index in [2.05, 4.69) is 13.0 Å². The van der Waals surface area contributed by atoms with Gasteiger partial charge in [-0.1, -0.05) is 95.1 Å². The molecule has 0 radical (unpaired) electrons. The van der Waals surface area contributed by atoms with Crippen molar-refractivity contribution in [2.24, 2.45) is 0 Å². The van der Waals surface area contributed by atoms with Crippen LogP contribution in [0.2, 0.25) is 0 Å². The lowest BCUT2D eigenvalue weighted by Crippen LogP contribution is -1.84. The number of carboxylic acids is 1. The summed E-state index contributed by atoms with van der Waals surface area (Å²) in [5.74, 6) is -0.908.